The van der Waals surface area contributed by atoms with Crippen LogP contribution in [0, 0.1) is 0 Å². The van der Waals surface area contributed by atoms with Crippen molar-refractivity contribution in [2.75, 3.05) is 33.4 Å². The second-order valence-corrected chi connectivity index (χ2v) is 6.27. The first-order valence-corrected chi connectivity index (χ1v) is 8.00. The zero-order valence-electron chi connectivity index (χ0n) is 10.1. The quantitative estimate of drug-likeness (QED) is 0.614. The summed E-state index contributed by atoms with van der Waals surface area (Å²) in [5.74, 6) is 0.830. The molecule has 1 aromatic rings. The number of ether oxygens (including phenoxy) is 2. The van der Waals surface area contributed by atoms with Gasteiger partial charge in [-0.15, -0.1) is 0 Å². The SMILES string of the molecule is COCCCNCCOc1c(Br)cc(Br)cc1Br. The van der Waals surface area contributed by atoms with Gasteiger partial charge in [0.1, 0.15) is 12.4 Å². The van der Waals surface area contributed by atoms with E-state index in [9.17, 15) is 0 Å². The third-order valence-electron chi connectivity index (χ3n) is 2.19. The highest BCUT2D eigenvalue weighted by Crippen LogP contribution is 2.36. The van der Waals surface area contributed by atoms with Crippen molar-refractivity contribution in [3.05, 3.63) is 25.6 Å². The molecule has 0 heterocycles. The molecule has 0 aliphatic rings. The number of rotatable bonds is 8. The van der Waals surface area contributed by atoms with Gasteiger partial charge in [-0.3, -0.25) is 0 Å². The van der Waals surface area contributed by atoms with E-state index < -0.39 is 0 Å². The summed E-state index contributed by atoms with van der Waals surface area (Å²) >= 11 is 10.4. The van der Waals surface area contributed by atoms with Gasteiger partial charge in [-0.1, -0.05) is 15.9 Å². The van der Waals surface area contributed by atoms with Crippen LogP contribution in [0.25, 0.3) is 0 Å². The third kappa shape index (κ3) is 6.02. The van der Waals surface area contributed by atoms with E-state index in [0.29, 0.717) is 6.61 Å². The highest BCUT2D eigenvalue weighted by atomic mass is 79.9. The Hall–Kier alpha value is 0.380. The van der Waals surface area contributed by atoms with Crippen LogP contribution in [-0.4, -0.2) is 33.4 Å². The van der Waals surface area contributed by atoms with E-state index in [1.54, 1.807) is 7.11 Å². The molecule has 0 unspecified atom stereocenters. The van der Waals surface area contributed by atoms with Crippen molar-refractivity contribution in [2.24, 2.45) is 0 Å². The number of hydrogen-bond acceptors (Lipinski definition) is 3. The normalized spacial score (nSPS) is 10.7. The van der Waals surface area contributed by atoms with E-state index in [0.717, 1.165) is 45.3 Å². The molecule has 0 aliphatic carbocycles. The molecule has 1 aromatic carbocycles. The first-order chi connectivity index (χ1) is 8.65. The van der Waals surface area contributed by atoms with Crippen molar-refractivity contribution in [3.63, 3.8) is 0 Å². The Labute approximate surface area is 133 Å². The predicted octanol–water partition coefficient (Wildman–Crippen LogP) is 3.98. The summed E-state index contributed by atoms with van der Waals surface area (Å²) in [6, 6.07) is 3.93. The van der Waals surface area contributed by atoms with Gasteiger partial charge < -0.3 is 14.8 Å². The predicted molar refractivity (Wildman–Crippen MR) is 84.4 cm³/mol. The third-order valence-corrected chi connectivity index (χ3v) is 3.83. The second-order valence-electron chi connectivity index (χ2n) is 3.64. The molecule has 102 valence electrons. The Kier molecular flexibility index (Phi) is 8.50. The summed E-state index contributed by atoms with van der Waals surface area (Å²) in [6.45, 7) is 3.18. The Morgan fingerprint density at radius 3 is 2.33 bits per heavy atom. The van der Waals surface area contributed by atoms with Crippen LogP contribution in [-0.2, 0) is 4.74 Å². The van der Waals surface area contributed by atoms with E-state index in [1.807, 2.05) is 12.1 Å². The van der Waals surface area contributed by atoms with Gasteiger partial charge in [0, 0.05) is 24.7 Å². The molecule has 1 N–H and O–H groups in total. The highest BCUT2D eigenvalue weighted by molar-refractivity contribution is 9.11. The van der Waals surface area contributed by atoms with Crippen molar-refractivity contribution in [3.8, 4) is 5.75 Å². The van der Waals surface area contributed by atoms with Gasteiger partial charge in [0.15, 0.2) is 0 Å². The average Bonchev–Trinajstić information content (AvgIpc) is 2.30. The van der Waals surface area contributed by atoms with Gasteiger partial charge in [-0.05, 0) is 57.0 Å². The molecule has 0 atom stereocenters. The zero-order chi connectivity index (χ0) is 13.4. The van der Waals surface area contributed by atoms with Crippen molar-refractivity contribution in [1.82, 2.24) is 5.32 Å². The minimum absolute atomic E-state index is 0.631. The molecule has 1 rings (SSSR count). The van der Waals surface area contributed by atoms with Crippen LogP contribution in [0.5, 0.6) is 5.75 Å². The molecule has 0 radical (unpaired) electrons. The lowest BCUT2D eigenvalue weighted by molar-refractivity contribution is 0.193. The number of halogens is 3. The molecule has 6 heteroatoms. The Balaban J connectivity index is 2.27. The summed E-state index contributed by atoms with van der Waals surface area (Å²) in [6.07, 6.45) is 1.02. The molecular weight excluding hydrogens is 430 g/mol. The van der Waals surface area contributed by atoms with E-state index >= 15 is 0 Å². The van der Waals surface area contributed by atoms with Crippen molar-refractivity contribution < 1.29 is 9.47 Å². The number of methoxy groups -OCH3 is 1. The number of nitrogens with one attached hydrogen (secondary N) is 1. The van der Waals surface area contributed by atoms with Crippen LogP contribution in [0.1, 0.15) is 6.42 Å². The first-order valence-electron chi connectivity index (χ1n) is 5.62. The van der Waals surface area contributed by atoms with Crippen LogP contribution >= 0.6 is 47.8 Å². The standard InChI is InChI=1S/C12H16Br3NO2/c1-17-5-2-3-16-4-6-18-12-10(14)7-9(13)8-11(12)15/h7-8,16H,2-6H2,1H3. The van der Waals surface area contributed by atoms with Crippen LogP contribution in [0.2, 0.25) is 0 Å². The van der Waals surface area contributed by atoms with Gasteiger partial charge in [0.05, 0.1) is 8.95 Å². The second kappa shape index (κ2) is 9.31. The molecule has 0 spiro atoms. The summed E-state index contributed by atoms with van der Waals surface area (Å²) < 4.78 is 13.6. The van der Waals surface area contributed by atoms with Gasteiger partial charge >= 0.3 is 0 Å². The maximum atomic E-state index is 5.72. The van der Waals surface area contributed by atoms with Crippen molar-refractivity contribution >= 4 is 47.8 Å². The lowest BCUT2D eigenvalue weighted by Crippen LogP contribution is -2.23. The maximum absolute atomic E-state index is 5.72. The zero-order valence-corrected chi connectivity index (χ0v) is 14.9. The molecule has 0 aromatic heterocycles. The van der Waals surface area contributed by atoms with Gasteiger partial charge in [-0.25, -0.2) is 0 Å². The van der Waals surface area contributed by atoms with Gasteiger partial charge in [-0.2, -0.15) is 0 Å². The summed E-state index contributed by atoms with van der Waals surface area (Å²) in [5.41, 5.74) is 0. The van der Waals surface area contributed by atoms with Gasteiger partial charge in [0.25, 0.3) is 0 Å². The van der Waals surface area contributed by atoms with Crippen LogP contribution in [0.3, 0.4) is 0 Å². The molecule has 0 saturated heterocycles. The average molecular weight is 446 g/mol. The fourth-order valence-electron chi connectivity index (χ4n) is 1.36. The van der Waals surface area contributed by atoms with Gasteiger partial charge in [0.2, 0.25) is 0 Å². The molecular formula is C12H16Br3NO2. The number of hydrogen-bond donors (Lipinski definition) is 1. The van der Waals surface area contributed by atoms with E-state index in [4.69, 9.17) is 9.47 Å². The van der Waals surface area contributed by atoms with E-state index in [-0.39, 0.29) is 0 Å². The molecule has 0 bridgehead atoms. The first kappa shape index (κ1) is 16.4. The monoisotopic (exact) mass is 443 g/mol. The minimum atomic E-state index is 0.631. The van der Waals surface area contributed by atoms with Crippen LogP contribution in [0.15, 0.2) is 25.6 Å². The topological polar surface area (TPSA) is 30.5 Å². The molecule has 0 amide bonds. The highest BCUT2D eigenvalue weighted by Gasteiger charge is 2.07. The summed E-state index contributed by atoms with van der Waals surface area (Å²) in [4.78, 5) is 0. The van der Waals surface area contributed by atoms with E-state index in [1.165, 1.54) is 0 Å². The van der Waals surface area contributed by atoms with Crippen LogP contribution < -0.4 is 10.1 Å². The molecule has 18 heavy (non-hydrogen) atoms. The molecule has 0 aliphatic heterocycles. The minimum Gasteiger partial charge on any atom is -0.490 e. The lowest BCUT2D eigenvalue weighted by atomic mass is 10.3. The summed E-state index contributed by atoms with van der Waals surface area (Å²) in [7, 11) is 1.71. The smallest absolute Gasteiger partial charge is 0.147 e. The Morgan fingerprint density at radius 2 is 1.72 bits per heavy atom. The molecule has 0 saturated carbocycles. The maximum Gasteiger partial charge on any atom is 0.147 e. The number of benzene rings is 1. The molecule has 0 fully saturated rings. The van der Waals surface area contributed by atoms with E-state index in [2.05, 4.69) is 53.1 Å². The van der Waals surface area contributed by atoms with Crippen molar-refractivity contribution in [2.45, 2.75) is 6.42 Å². The fraction of sp³-hybridized carbons (Fsp3) is 0.500. The lowest BCUT2D eigenvalue weighted by Gasteiger charge is -2.11. The largest absolute Gasteiger partial charge is 0.490 e. The Morgan fingerprint density at radius 1 is 1.06 bits per heavy atom. The molecule has 3 nitrogen and oxygen atoms in total. The summed E-state index contributed by atoms with van der Waals surface area (Å²) in [5, 5.41) is 3.30. The van der Waals surface area contributed by atoms with Crippen molar-refractivity contribution in [1.29, 1.82) is 0 Å². The Bertz CT molecular complexity index is 351. The fourth-order valence-corrected chi connectivity index (χ4v) is 3.85. The van der Waals surface area contributed by atoms with Crippen LogP contribution in [0.4, 0.5) is 0 Å².